The number of rotatable bonds is 5. The molecule has 1 aliphatic carbocycles. The van der Waals surface area contributed by atoms with Gasteiger partial charge in [-0.2, -0.15) is 9.90 Å². The molecule has 1 heterocycles. The molecule has 4 rings (SSSR count). The highest BCUT2D eigenvalue weighted by Gasteiger charge is 2.30. The van der Waals surface area contributed by atoms with Crippen LogP contribution in [0.2, 0.25) is 0 Å². The van der Waals surface area contributed by atoms with Gasteiger partial charge in [0, 0.05) is 5.69 Å². The Morgan fingerprint density at radius 1 is 1.00 bits per heavy atom. The Balaban J connectivity index is 1.46. The van der Waals surface area contributed by atoms with E-state index < -0.39 is 15.7 Å². The molecule has 7 nitrogen and oxygen atoms in total. The molecule has 0 unspecified atom stereocenters. The maximum Gasteiger partial charge on any atom is 0.277 e. The predicted octanol–water partition coefficient (Wildman–Crippen LogP) is 3.24. The van der Waals surface area contributed by atoms with Gasteiger partial charge in [0.25, 0.3) is 5.91 Å². The Morgan fingerprint density at radius 2 is 1.68 bits per heavy atom. The lowest BCUT2D eigenvalue weighted by molar-refractivity contribution is 0.102. The van der Waals surface area contributed by atoms with Crippen molar-refractivity contribution in [1.82, 2.24) is 15.0 Å². The van der Waals surface area contributed by atoms with Crippen LogP contribution in [0, 0.1) is 0 Å². The number of carbonyl (C=O) groups excluding carboxylic acids is 1. The SMILES string of the molecule is O=C(Nc1ccc(S(=O)(=O)C2CCCC2)cc1)c1cnn(-c2ccccc2)n1. The zero-order valence-corrected chi connectivity index (χ0v) is 16.0. The molecule has 0 saturated heterocycles. The van der Waals surface area contributed by atoms with Gasteiger partial charge in [-0.05, 0) is 49.2 Å². The Kier molecular flexibility index (Phi) is 4.95. The Morgan fingerprint density at radius 3 is 2.36 bits per heavy atom. The summed E-state index contributed by atoms with van der Waals surface area (Å²) < 4.78 is 25.2. The number of carbonyl (C=O) groups is 1. The molecule has 0 bridgehead atoms. The maximum atomic E-state index is 12.6. The van der Waals surface area contributed by atoms with E-state index in [1.54, 1.807) is 24.3 Å². The van der Waals surface area contributed by atoms with Crippen molar-refractivity contribution in [3.63, 3.8) is 0 Å². The Bertz CT molecular complexity index is 1070. The van der Waals surface area contributed by atoms with Crippen LogP contribution in [0.3, 0.4) is 0 Å². The van der Waals surface area contributed by atoms with Crippen LogP contribution in [-0.4, -0.2) is 34.6 Å². The molecule has 1 aromatic heterocycles. The predicted molar refractivity (Wildman–Crippen MR) is 105 cm³/mol. The minimum atomic E-state index is -3.30. The van der Waals surface area contributed by atoms with Crippen molar-refractivity contribution in [3.8, 4) is 5.69 Å². The number of aromatic nitrogens is 3. The van der Waals surface area contributed by atoms with Crippen molar-refractivity contribution < 1.29 is 13.2 Å². The van der Waals surface area contributed by atoms with Crippen molar-refractivity contribution in [2.45, 2.75) is 35.8 Å². The van der Waals surface area contributed by atoms with Crippen molar-refractivity contribution in [2.75, 3.05) is 5.32 Å². The van der Waals surface area contributed by atoms with Crippen LogP contribution < -0.4 is 5.32 Å². The number of para-hydroxylation sites is 1. The van der Waals surface area contributed by atoms with E-state index >= 15 is 0 Å². The van der Waals surface area contributed by atoms with Gasteiger partial charge < -0.3 is 5.32 Å². The van der Waals surface area contributed by atoms with Crippen LogP contribution in [-0.2, 0) is 9.84 Å². The smallest absolute Gasteiger partial charge is 0.277 e. The molecule has 2 aromatic carbocycles. The minimum Gasteiger partial charge on any atom is -0.321 e. The number of nitrogens with zero attached hydrogens (tertiary/aromatic N) is 3. The highest BCUT2D eigenvalue weighted by atomic mass is 32.2. The van der Waals surface area contributed by atoms with Crippen LogP contribution in [0.1, 0.15) is 36.2 Å². The van der Waals surface area contributed by atoms with Crippen molar-refractivity contribution >= 4 is 21.4 Å². The Hall–Kier alpha value is -3.00. The molecule has 1 amide bonds. The zero-order valence-electron chi connectivity index (χ0n) is 15.2. The number of amides is 1. The van der Waals surface area contributed by atoms with Crippen LogP contribution in [0.15, 0.2) is 65.7 Å². The van der Waals surface area contributed by atoms with Gasteiger partial charge in [-0.1, -0.05) is 31.0 Å². The zero-order chi connectivity index (χ0) is 19.6. The molecule has 1 saturated carbocycles. The maximum absolute atomic E-state index is 12.6. The number of benzene rings is 2. The van der Waals surface area contributed by atoms with Gasteiger partial charge >= 0.3 is 0 Å². The first-order valence-electron chi connectivity index (χ1n) is 9.17. The van der Waals surface area contributed by atoms with E-state index in [1.165, 1.54) is 11.0 Å². The fourth-order valence-electron chi connectivity index (χ4n) is 3.37. The van der Waals surface area contributed by atoms with E-state index in [-0.39, 0.29) is 10.9 Å². The molecule has 0 spiro atoms. The summed E-state index contributed by atoms with van der Waals surface area (Å²) in [6.07, 6.45) is 4.75. The standard InChI is InChI=1S/C20H20N4O3S/c25-20(19-14-21-24(23-19)16-6-2-1-3-7-16)22-15-10-12-18(13-11-15)28(26,27)17-8-4-5-9-17/h1-3,6-7,10-14,17H,4-5,8-9H2,(H,22,25). The lowest BCUT2D eigenvalue weighted by atomic mass is 10.3. The Labute approximate surface area is 163 Å². The van der Waals surface area contributed by atoms with E-state index in [2.05, 4.69) is 15.5 Å². The molecule has 1 aliphatic rings. The molecule has 1 N–H and O–H groups in total. The second-order valence-electron chi connectivity index (χ2n) is 6.78. The topological polar surface area (TPSA) is 94.0 Å². The lowest BCUT2D eigenvalue weighted by Crippen LogP contribution is -2.18. The average molecular weight is 396 g/mol. The highest BCUT2D eigenvalue weighted by molar-refractivity contribution is 7.92. The van der Waals surface area contributed by atoms with Crippen molar-refractivity contribution in [3.05, 3.63) is 66.5 Å². The van der Waals surface area contributed by atoms with E-state index in [9.17, 15) is 13.2 Å². The summed E-state index contributed by atoms with van der Waals surface area (Å²) in [5.74, 6) is -0.409. The van der Waals surface area contributed by atoms with Gasteiger partial charge in [-0.15, -0.1) is 5.10 Å². The fourth-order valence-corrected chi connectivity index (χ4v) is 5.22. The summed E-state index contributed by atoms with van der Waals surface area (Å²) in [7, 11) is -3.30. The van der Waals surface area contributed by atoms with Crippen LogP contribution in [0.5, 0.6) is 0 Å². The molecule has 3 aromatic rings. The molecule has 1 fully saturated rings. The van der Waals surface area contributed by atoms with Crippen molar-refractivity contribution in [2.24, 2.45) is 0 Å². The molecule has 28 heavy (non-hydrogen) atoms. The first-order chi connectivity index (χ1) is 13.5. The van der Waals surface area contributed by atoms with Gasteiger partial charge in [-0.3, -0.25) is 4.79 Å². The third-order valence-electron chi connectivity index (χ3n) is 4.89. The number of sulfone groups is 1. The van der Waals surface area contributed by atoms with E-state index in [0.717, 1.165) is 31.4 Å². The fraction of sp³-hybridized carbons (Fsp3) is 0.250. The van der Waals surface area contributed by atoms with Crippen molar-refractivity contribution in [1.29, 1.82) is 0 Å². The van der Waals surface area contributed by atoms with Crippen LogP contribution in [0.25, 0.3) is 5.69 Å². The van der Waals surface area contributed by atoms with E-state index in [4.69, 9.17) is 0 Å². The molecular formula is C20H20N4O3S. The highest BCUT2D eigenvalue weighted by Crippen LogP contribution is 2.30. The third-order valence-corrected chi connectivity index (χ3v) is 7.17. The van der Waals surface area contributed by atoms with Crippen LogP contribution in [0.4, 0.5) is 5.69 Å². The molecule has 144 valence electrons. The second-order valence-corrected chi connectivity index (χ2v) is 9.01. The summed E-state index contributed by atoms with van der Waals surface area (Å²) in [4.78, 5) is 14.1. The van der Waals surface area contributed by atoms with Gasteiger partial charge in [0.05, 0.1) is 22.0 Å². The average Bonchev–Trinajstić information content (AvgIpc) is 3.42. The first-order valence-corrected chi connectivity index (χ1v) is 10.7. The van der Waals surface area contributed by atoms with E-state index in [1.807, 2.05) is 30.3 Å². The van der Waals surface area contributed by atoms with Gasteiger partial charge in [-0.25, -0.2) is 8.42 Å². The summed E-state index contributed by atoms with van der Waals surface area (Å²) in [6.45, 7) is 0. The second kappa shape index (κ2) is 7.55. The molecule has 0 aliphatic heterocycles. The normalized spacial score (nSPS) is 14.9. The minimum absolute atomic E-state index is 0.173. The largest absolute Gasteiger partial charge is 0.321 e. The first kappa shape index (κ1) is 18.4. The monoisotopic (exact) mass is 396 g/mol. The number of nitrogens with one attached hydrogen (secondary N) is 1. The summed E-state index contributed by atoms with van der Waals surface area (Å²) in [6, 6.07) is 15.6. The summed E-state index contributed by atoms with van der Waals surface area (Å²) in [5, 5.41) is 10.7. The molecule has 8 heteroatoms. The van der Waals surface area contributed by atoms with Crippen LogP contribution >= 0.6 is 0 Å². The third kappa shape index (κ3) is 3.68. The molecular weight excluding hydrogens is 376 g/mol. The number of hydrogen-bond donors (Lipinski definition) is 1. The number of hydrogen-bond acceptors (Lipinski definition) is 5. The quantitative estimate of drug-likeness (QED) is 0.714. The van der Waals surface area contributed by atoms with Gasteiger partial charge in [0.1, 0.15) is 0 Å². The number of anilines is 1. The van der Waals surface area contributed by atoms with Gasteiger partial charge in [0.15, 0.2) is 15.5 Å². The van der Waals surface area contributed by atoms with E-state index in [0.29, 0.717) is 10.6 Å². The summed E-state index contributed by atoms with van der Waals surface area (Å²) >= 11 is 0. The lowest BCUT2D eigenvalue weighted by Gasteiger charge is -2.11. The molecule has 0 atom stereocenters. The summed E-state index contributed by atoms with van der Waals surface area (Å²) in [5.41, 5.74) is 1.43. The molecule has 0 radical (unpaired) electrons. The van der Waals surface area contributed by atoms with Gasteiger partial charge in [0.2, 0.25) is 0 Å².